The molecule has 11 heteroatoms. The maximum atomic E-state index is 14.1. The second kappa shape index (κ2) is 9.53. The maximum absolute atomic E-state index is 14.1. The van der Waals surface area contributed by atoms with Crippen molar-refractivity contribution in [1.29, 1.82) is 0 Å². The van der Waals surface area contributed by atoms with Crippen LogP contribution in [0.15, 0.2) is 72.8 Å². The number of rotatable bonds is 6. The number of nitro groups is 1. The lowest BCUT2D eigenvalue weighted by atomic mass is 9.88. The van der Waals surface area contributed by atoms with Crippen molar-refractivity contribution in [2.24, 2.45) is 11.8 Å². The van der Waals surface area contributed by atoms with E-state index in [4.69, 9.17) is 9.47 Å². The molecule has 3 aromatic carbocycles. The van der Waals surface area contributed by atoms with Crippen LogP contribution in [0.3, 0.4) is 0 Å². The largest absolute Gasteiger partial charge is 0.497 e. The summed E-state index contributed by atoms with van der Waals surface area (Å²) in [7, 11) is 2.97. The summed E-state index contributed by atoms with van der Waals surface area (Å²) in [6.45, 7) is 0. The van der Waals surface area contributed by atoms with Crippen molar-refractivity contribution in [1.82, 2.24) is 0 Å². The number of hydrogen-bond acceptors (Lipinski definition) is 8. The molecule has 1 N–H and O–H groups in total. The van der Waals surface area contributed by atoms with Gasteiger partial charge in [-0.25, -0.2) is 4.90 Å². The fourth-order valence-electron chi connectivity index (χ4n) is 5.93. The van der Waals surface area contributed by atoms with Gasteiger partial charge in [0.15, 0.2) is 0 Å². The number of benzene rings is 3. The molecular formula is C29H24N4O7. The van der Waals surface area contributed by atoms with Gasteiger partial charge >= 0.3 is 0 Å². The van der Waals surface area contributed by atoms with E-state index in [0.29, 0.717) is 17.2 Å². The molecule has 202 valence electrons. The molecule has 3 aromatic rings. The zero-order valence-electron chi connectivity index (χ0n) is 21.5. The third kappa shape index (κ3) is 3.77. The van der Waals surface area contributed by atoms with Gasteiger partial charge < -0.3 is 19.7 Å². The highest BCUT2D eigenvalue weighted by Gasteiger charge is 2.64. The Bertz CT molecular complexity index is 1600. The van der Waals surface area contributed by atoms with E-state index >= 15 is 0 Å². The first-order chi connectivity index (χ1) is 19.3. The van der Waals surface area contributed by atoms with E-state index < -0.39 is 46.6 Å². The Morgan fingerprint density at radius 1 is 0.950 bits per heavy atom. The molecule has 0 saturated carbocycles. The molecule has 3 heterocycles. The second-order valence-electron chi connectivity index (χ2n) is 9.66. The van der Waals surface area contributed by atoms with E-state index in [0.717, 1.165) is 16.2 Å². The van der Waals surface area contributed by atoms with Gasteiger partial charge in [0.25, 0.3) is 5.69 Å². The molecule has 0 spiro atoms. The van der Waals surface area contributed by atoms with Crippen LogP contribution in [0.4, 0.5) is 22.7 Å². The summed E-state index contributed by atoms with van der Waals surface area (Å²) < 4.78 is 10.7. The Balaban J connectivity index is 1.44. The summed E-state index contributed by atoms with van der Waals surface area (Å²) in [4.78, 5) is 55.5. The first kappa shape index (κ1) is 25.1. The molecule has 11 nitrogen and oxygen atoms in total. The Labute approximate surface area is 228 Å². The zero-order chi connectivity index (χ0) is 28.1. The first-order valence-electron chi connectivity index (χ1n) is 12.5. The third-order valence-corrected chi connectivity index (χ3v) is 7.65. The number of nitrogens with zero attached hydrogens (tertiary/aromatic N) is 3. The lowest BCUT2D eigenvalue weighted by Crippen LogP contribution is -2.50. The van der Waals surface area contributed by atoms with E-state index in [1.807, 2.05) is 41.3 Å². The van der Waals surface area contributed by atoms with E-state index in [1.54, 1.807) is 18.2 Å². The van der Waals surface area contributed by atoms with Gasteiger partial charge in [-0.1, -0.05) is 36.4 Å². The number of amides is 3. The number of fused-ring (bicyclic) bond motifs is 5. The Morgan fingerprint density at radius 3 is 2.48 bits per heavy atom. The predicted molar refractivity (Wildman–Crippen MR) is 146 cm³/mol. The van der Waals surface area contributed by atoms with Crippen molar-refractivity contribution in [2.45, 2.75) is 12.1 Å². The highest BCUT2D eigenvalue weighted by Crippen LogP contribution is 2.49. The number of hydrogen-bond donors (Lipinski definition) is 1. The fraction of sp³-hybridized carbons (Fsp3) is 0.207. The van der Waals surface area contributed by atoms with Gasteiger partial charge in [0.2, 0.25) is 17.7 Å². The topological polar surface area (TPSA) is 131 Å². The number of imide groups is 1. The summed E-state index contributed by atoms with van der Waals surface area (Å²) in [6, 6.07) is 16.2. The number of carbonyl (C=O) groups is 3. The normalized spacial score (nSPS) is 22.4. The summed E-state index contributed by atoms with van der Waals surface area (Å²) in [5, 5.41) is 14.3. The molecule has 2 fully saturated rings. The molecule has 3 aliphatic rings. The molecule has 0 radical (unpaired) electrons. The van der Waals surface area contributed by atoms with Crippen molar-refractivity contribution < 1.29 is 28.8 Å². The van der Waals surface area contributed by atoms with Gasteiger partial charge in [-0.3, -0.25) is 24.5 Å². The van der Waals surface area contributed by atoms with Gasteiger partial charge in [-0.05, 0) is 29.8 Å². The Hall–Kier alpha value is -5.19. The van der Waals surface area contributed by atoms with Crippen molar-refractivity contribution in [3.8, 4) is 11.5 Å². The molecule has 40 heavy (non-hydrogen) atoms. The van der Waals surface area contributed by atoms with Crippen LogP contribution >= 0.6 is 0 Å². The minimum absolute atomic E-state index is 0.0963. The third-order valence-electron chi connectivity index (χ3n) is 7.65. The molecule has 0 bridgehead atoms. The van der Waals surface area contributed by atoms with Crippen LogP contribution < -0.4 is 24.6 Å². The van der Waals surface area contributed by atoms with Gasteiger partial charge in [-0.15, -0.1) is 0 Å². The molecule has 6 rings (SSSR count). The molecule has 4 atom stereocenters. The van der Waals surface area contributed by atoms with Crippen LogP contribution in [0.2, 0.25) is 0 Å². The number of non-ortho nitro benzene ring substituents is 1. The highest BCUT2D eigenvalue weighted by molar-refractivity contribution is 6.25. The van der Waals surface area contributed by atoms with E-state index in [1.165, 1.54) is 38.5 Å². The van der Waals surface area contributed by atoms with E-state index in [-0.39, 0.29) is 11.4 Å². The van der Waals surface area contributed by atoms with Gasteiger partial charge in [0.1, 0.15) is 17.5 Å². The number of anilines is 3. The summed E-state index contributed by atoms with van der Waals surface area (Å²) in [5.41, 5.74) is 1.78. The predicted octanol–water partition coefficient (Wildman–Crippen LogP) is 3.64. The lowest BCUT2D eigenvalue weighted by Gasteiger charge is -2.36. The van der Waals surface area contributed by atoms with E-state index in [2.05, 4.69) is 5.32 Å². The highest BCUT2D eigenvalue weighted by atomic mass is 16.6. The average Bonchev–Trinajstić information content (AvgIpc) is 3.45. The molecule has 0 aliphatic carbocycles. The lowest BCUT2D eigenvalue weighted by molar-refractivity contribution is -0.384. The Morgan fingerprint density at radius 2 is 1.73 bits per heavy atom. The smallest absolute Gasteiger partial charge is 0.271 e. The van der Waals surface area contributed by atoms with Gasteiger partial charge in [0, 0.05) is 23.9 Å². The van der Waals surface area contributed by atoms with E-state index in [9.17, 15) is 24.5 Å². The fourth-order valence-corrected chi connectivity index (χ4v) is 5.93. The van der Waals surface area contributed by atoms with Crippen molar-refractivity contribution in [2.75, 3.05) is 29.3 Å². The minimum atomic E-state index is -1.06. The molecule has 0 unspecified atom stereocenters. The summed E-state index contributed by atoms with van der Waals surface area (Å²) in [5.74, 6) is -2.63. The number of ether oxygens (including phenoxy) is 2. The maximum Gasteiger partial charge on any atom is 0.271 e. The zero-order valence-corrected chi connectivity index (χ0v) is 21.5. The van der Waals surface area contributed by atoms with Crippen molar-refractivity contribution in [3.05, 3.63) is 88.5 Å². The average molecular weight is 541 g/mol. The number of methoxy groups -OCH3 is 2. The first-order valence-corrected chi connectivity index (χ1v) is 12.5. The van der Waals surface area contributed by atoms with Crippen LogP contribution in [-0.2, 0) is 14.4 Å². The summed E-state index contributed by atoms with van der Waals surface area (Å²) in [6.07, 6.45) is 3.72. The molecule has 2 saturated heterocycles. The van der Waals surface area contributed by atoms with Crippen LogP contribution in [-0.4, -0.2) is 48.9 Å². The van der Waals surface area contributed by atoms with Crippen LogP contribution in [0.25, 0.3) is 6.08 Å². The number of nitro benzene ring substituents is 1. The van der Waals surface area contributed by atoms with Gasteiger partial charge in [0.05, 0.1) is 48.4 Å². The molecule has 0 aromatic heterocycles. The van der Waals surface area contributed by atoms with Crippen molar-refractivity contribution >= 4 is 46.5 Å². The quantitative estimate of drug-likeness (QED) is 0.285. The Kier molecular flexibility index (Phi) is 5.98. The molecule has 3 aliphatic heterocycles. The second-order valence-corrected chi connectivity index (χ2v) is 9.66. The van der Waals surface area contributed by atoms with Crippen LogP contribution in [0.1, 0.15) is 5.56 Å². The van der Waals surface area contributed by atoms with Gasteiger partial charge in [-0.2, -0.15) is 0 Å². The minimum Gasteiger partial charge on any atom is -0.497 e. The monoisotopic (exact) mass is 540 g/mol. The van der Waals surface area contributed by atoms with Crippen molar-refractivity contribution in [3.63, 3.8) is 0 Å². The SMILES string of the molecule is COc1ccc(OC)c(NC(=O)[C@@H]2[C@H]3C(=O)N(c4cccc([N+](=O)[O-])c4)C(=O)[C@@H]3[C@H]3C=Cc4ccccc4N32)c1. The number of nitrogens with one attached hydrogen (secondary N) is 1. The summed E-state index contributed by atoms with van der Waals surface area (Å²) >= 11 is 0. The van der Waals surface area contributed by atoms with Crippen LogP contribution in [0, 0.1) is 22.0 Å². The van der Waals surface area contributed by atoms with Crippen LogP contribution in [0.5, 0.6) is 11.5 Å². The number of para-hydroxylation sites is 1. The molecular weight excluding hydrogens is 516 g/mol. The number of carbonyl (C=O) groups excluding carboxylic acids is 3. The standard InChI is InChI=1S/C29H24N4O7/c1-39-19-11-13-23(40-2)20(15-19)30-27(34)26-25-24(22-12-10-16-6-3-4-9-21(16)32(22)26)28(35)31(29(25)36)17-7-5-8-18(14-17)33(37)38/h3-15,22,24-26H,1-2H3,(H,30,34)/t22-,24-,25+,26+/m1/s1. The molecule has 3 amide bonds.